The number of ether oxygens (including phenoxy) is 4. The normalized spacial score (nSPS) is 22.1. The van der Waals surface area contributed by atoms with Crippen LogP contribution < -0.4 is 35.6 Å². The van der Waals surface area contributed by atoms with Gasteiger partial charge in [-0.3, -0.25) is 24.7 Å². The molecule has 4 heterocycles. The molecule has 2 aliphatic rings. The van der Waals surface area contributed by atoms with Crippen LogP contribution in [0, 0.1) is 23.7 Å². The molecule has 2 aliphatic heterocycles. The zero-order valence-electron chi connectivity index (χ0n) is 44.8. The molecule has 2 aromatic heterocycles. The molecule has 10 N–H and O–H groups in total. The summed E-state index contributed by atoms with van der Waals surface area (Å²) in [5.74, 6) is 6.33. The molecule has 84 heavy (non-hydrogen) atoms. The third-order valence-corrected chi connectivity index (χ3v) is 13.1. The number of carbonyl (C=O) groups is 4. The Labute approximate surface area is 480 Å². The van der Waals surface area contributed by atoms with E-state index < -0.39 is 125 Å². The Morgan fingerprint density at radius 2 is 0.810 bits per heavy atom. The van der Waals surface area contributed by atoms with Crippen LogP contribution >= 0.6 is 0 Å². The van der Waals surface area contributed by atoms with Crippen LogP contribution in [0.5, 0.6) is 11.5 Å². The molecule has 26 nitrogen and oxygen atoms in total. The number of aromatic nitrogens is 2. The molecular weight excluding hydrogens is 1100 g/mol. The van der Waals surface area contributed by atoms with Crippen molar-refractivity contribution in [3.05, 3.63) is 148 Å². The molecule has 0 spiro atoms. The second-order valence-electron chi connectivity index (χ2n) is 19.8. The summed E-state index contributed by atoms with van der Waals surface area (Å²) in [6.45, 7) is -4.62. The summed E-state index contributed by atoms with van der Waals surface area (Å²) in [6, 6.07) is 25.9. The van der Waals surface area contributed by atoms with Gasteiger partial charge in [0.1, 0.15) is 60.3 Å². The van der Waals surface area contributed by atoms with E-state index in [1.807, 2.05) is 17.0 Å². The summed E-state index contributed by atoms with van der Waals surface area (Å²) in [5, 5.41) is 128. The first-order valence-corrected chi connectivity index (χ1v) is 26.1. The molecule has 26 heteroatoms. The maximum Gasteiger partial charge on any atom is 0.229 e. The second-order valence-corrected chi connectivity index (χ2v) is 19.8. The molecule has 7 rings (SSSR count). The highest BCUT2D eigenvalue weighted by molar-refractivity contribution is 5.71. The first-order chi connectivity index (χ1) is 40.1. The molecule has 4 unspecified atom stereocenters. The molecule has 0 bridgehead atoms. The smallest absolute Gasteiger partial charge is 0.229 e. The third kappa shape index (κ3) is 18.7. The molecule has 3 aromatic carbocycles. The van der Waals surface area contributed by atoms with Crippen LogP contribution in [0.1, 0.15) is 50.6 Å². The summed E-state index contributed by atoms with van der Waals surface area (Å²) in [5.41, 5.74) is 10.2. The maximum absolute atomic E-state index is 11.7. The zero-order valence-corrected chi connectivity index (χ0v) is 44.8. The largest absolute Gasteiger partial charge is 0.549 e. The van der Waals surface area contributed by atoms with Gasteiger partial charge in [-0.2, -0.15) is 0 Å². The summed E-state index contributed by atoms with van der Waals surface area (Å²) in [7, 11) is 0. The fraction of sp³-hybridized carbons (Fsp3) is 0.379. The number of hydrogen-bond acceptors (Lipinski definition) is 26. The molecule has 10 atom stereocenters. The van der Waals surface area contributed by atoms with E-state index in [1.54, 1.807) is 60.7 Å². The van der Waals surface area contributed by atoms with Crippen molar-refractivity contribution in [2.45, 2.75) is 94.0 Å². The molecule has 2 saturated heterocycles. The van der Waals surface area contributed by atoms with Gasteiger partial charge in [-0.1, -0.05) is 35.8 Å². The van der Waals surface area contributed by atoms with E-state index in [0.29, 0.717) is 52.3 Å². The Morgan fingerprint density at radius 1 is 0.476 bits per heavy atom. The Hall–Kier alpha value is -8.16. The van der Waals surface area contributed by atoms with Crippen LogP contribution in [0.15, 0.2) is 97.1 Å². The molecular formula is C58H60N6O20-4. The van der Waals surface area contributed by atoms with E-state index >= 15 is 0 Å². The number of nitrogens with two attached hydrogens (primary N) is 1. The number of carboxylic acids is 4. The number of pyridine rings is 2. The quantitative estimate of drug-likeness (QED) is 0.0194. The fourth-order valence-corrected chi connectivity index (χ4v) is 9.06. The van der Waals surface area contributed by atoms with E-state index in [0.717, 1.165) is 15.4 Å². The van der Waals surface area contributed by atoms with Crippen molar-refractivity contribution >= 4 is 29.6 Å². The van der Waals surface area contributed by atoms with Crippen molar-refractivity contribution < 1.29 is 99.4 Å². The van der Waals surface area contributed by atoms with Crippen molar-refractivity contribution in [2.24, 2.45) is 0 Å². The fourth-order valence-electron chi connectivity index (χ4n) is 9.06. The number of nitrogens with zero attached hydrogens (tertiary/aromatic N) is 5. The van der Waals surface area contributed by atoms with Gasteiger partial charge >= 0.3 is 0 Å². The molecule has 0 radical (unpaired) electrons. The van der Waals surface area contributed by atoms with Crippen LogP contribution in [-0.4, -0.2) is 197 Å². The van der Waals surface area contributed by atoms with Crippen molar-refractivity contribution in [1.29, 1.82) is 0 Å². The number of aliphatic hydroxyl groups is 8. The highest BCUT2D eigenvalue weighted by Gasteiger charge is 2.46. The van der Waals surface area contributed by atoms with Gasteiger partial charge in [-0.15, -0.1) is 0 Å². The zero-order chi connectivity index (χ0) is 60.6. The van der Waals surface area contributed by atoms with Gasteiger partial charge in [-0.05, 0) is 96.9 Å². The van der Waals surface area contributed by atoms with Gasteiger partial charge in [0.25, 0.3) is 0 Å². The van der Waals surface area contributed by atoms with E-state index in [2.05, 4.69) is 23.7 Å². The van der Waals surface area contributed by atoms with Gasteiger partial charge in [0.15, 0.2) is 0 Å². The lowest BCUT2D eigenvalue weighted by Crippen LogP contribution is -2.60. The van der Waals surface area contributed by atoms with Gasteiger partial charge in [-0.25, -0.2) is 0 Å². The average molecular weight is 1160 g/mol. The van der Waals surface area contributed by atoms with Crippen LogP contribution in [0.4, 0.5) is 5.69 Å². The second kappa shape index (κ2) is 29.9. The van der Waals surface area contributed by atoms with Gasteiger partial charge in [0.05, 0.1) is 59.9 Å². The lowest BCUT2D eigenvalue weighted by Gasteiger charge is -2.39. The Morgan fingerprint density at radius 3 is 1.14 bits per heavy atom. The minimum absolute atomic E-state index is 0.0500. The summed E-state index contributed by atoms with van der Waals surface area (Å²) >= 11 is 0. The van der Waals surface area contributed by atoms with Crippen LogP contribution in [0.25, 0.3) is 0 Å². The lowest BCUT2D eigenvalue weighted by molar-refractivity contribution is -0.313. The monoisotopic (exact) mass is 1160 g/mol. The number of hydrogen-bond donors (Lipinski definition) is 9. The molecule has 5 aromatic rings. The Balaban J connectivity index is 1.21. The highest BCUT2D eigenvalue weighted by atomic mass is 16.7. The van der Waals surface area contributed by atoms with Gasteiger partial charge in [0, 0.05) is 86.8 Å². The SMILES string of the molecule is Nc1ccc(CCN(Cc2cc(C#Cc3ccc(O[C@H]4OC(CO)[C@@H](O)[C@@H](O)C4O)cc3)cc(CN(CC(=O)[O-])CC(=O)[O-])n2)Cc2cc(C#Cc3ccc(O[C@@H]4OC(CO)[C@H](O)C(O)[C@H]4O)cc3)cc(CN(CC(=O)[O-])CC(=O)[O-])n2)cc1. The van der Waals surface area contributed by atoms with E-state index in [9.17, 15) is 80.5 Å². The van der Waals surface area contributed by atoms with E-state index in [-0.39, 0.29) is 49.1 Å². The summed E-state index contributed by atoms with van der Waals surface area (Å²) in [4.78, 5) is 60.7. The summed E-state index contributed by atoms with van der Waals surface area (Å²) in [6.07, 6.45) is -14.6. The maximum atomic E-state index is 11.7. The molecule has 0 amide bonds. The van der Waals surface area contributed by atoms with Gasteiger partial charge in [0.2, 0.25) is 12.6 Å². The average Bonchev–Trinajstić information content (AvgIpc) is 3.32. The van der Waals surface area contributed by atoms with E-state index in [4.69, 9.17) is 34.6 Å². The molecule has 0 aliphatic carbocycles. The highest BCUT2D eigenvalue weighted by Crippen LogP contribution is 2.27. The number of anilines is 1. The minimum Gasteiger partial charge on any atom is -0.549 e. The standard InChI is InChI=1S/C58H64N6O20/c59-38-11-5-35(6-12-38)17-18-62(23-39-19-36(21-41(60-39)25-63(27-47(67)68)28-48(69)70)3-1-33-7-13-43(14-8-33)81-57-55(79)53(77)51(75)45(31-65)83-57)24-40-20-37(22-42(61-40)26-64(29-49(71)72)30-50(73)74)4-2-34-9-15-44(16-10-34)82-58-56(80)54(78)52(76)46(32-66)84-58/h5-16,19-22,45-46,51-58,65-66,75-80H,17-18,23-32,59H2,(H,67,68)(H,69,70)(H,71,72)(H,73,74)/p-4/t45?,46?,51-,52+,53-,54?,55?,56-,57+,58-/m1/s1. The van der Waals surface area contributed by atoms with Crippen LogP contribution in [0.3, 0.4) is 0 Å². The van der Waals surface area contributed by atoms with Crippen molar-refractivity contribution in [2.75, 3.05) is 51.7 Å². The third-order valence-electron chi connectivity index (χ3n) is 13.1. The number of carboxylic acid groups (broad SMARTS) is 4. The number of benzene rings is 3. The van der Waals surface area contributed by atoms with Gasteiger partial charge < -0.3 is 105 Å². The van der Waals surface area contributed by atoms with Crippen LogP contribution in [-0.2, 0) is 61.3 Å². The lowest BCUT2D eigenvalue weighted by atomic mass is 9.99. The van der Waals surface area contributed by atoms with E-state index in [1.165, 1.54) is 24.3 Å². The first-order valence-electron chi connectivity index (χ1n) is 26.1. The predicted octanol–water partition coefficient (Wildman–Crippen LogP) is -6.94. The Bertz CT molecular complexity index is 2960. The van der Waals surface area contributed by atoms with Crippen molar-refractivity contribution in [3.8, 4) is 35.2 Å². The number of aliphatic hydroxyl groups excluding tert-OH is 8. The number of aliphatic carboxylic acids is 4. The minimum atomic E-state index is -1.66. The topological polar surface area (TPSA) is 421 Å². The number of carbonyl (C=O) groups excluding carboxylic acids is 4. The predicted molar refractivity (Wildman–Crippen MR) is 281 cm³/mol. The summed E-state index contributed by atoms with van der Waals surface area (Å²) < 4.78 is 22.3. The van der Waals surface area contributed by atoms with Crippen molar-refractivity contribution in [1.82, 2.24) is 24.7 Å². The number of nitrogen functional groups attached to an aromatic ring is 1. The van der Waals surface area contributed by atoms with Crippen LogP contribution in [0.2, 0.25) is 0 Å². The first kappa shape index (κ1) is 63.4. The molecule has 2 fully saturated rings. The Kier molecular flexibility index (Phi) is 22.6. The molecule has 446 valence electrons. The molecule has 0 saturated carbocycles. The van der Waals surface area contributed by atoms with Crippen molar-refractivity contribution in [3.63, 3.8) is 0 Å². The number of rotatable bonds is 25.